The van der Waals surface area contributed by atoms with Crippen LogP contribution in [0.5, 0.6) is 0 Å². The molecule has 3 aromatic rings. The Kier molecular flexibility index (Phi) is 6.67. The Labute approximate surface area is 200 Å². The lowest BCUT2D eigenvalue weighted by atomic mass is 10.1. The van der Waals surface area contributed by atoms with Gasteiger partial charge in [0.2, 0.25) is 5.91 Å². The quantitative estimate of drug-likeness (QED) is 0.590. The number of carbonyl (C=O) groups is 2. The van der Waals surface area contributed by atoms with Crippen molar-refractivity contribution in [1.29, 1.82) is 0 Å². The van der Waals surface area contributed by atoms with E-state index in [9.17, 15) is 9.59 Å². The number of nitrogens with zero attached hydrogens (tertiary/aromatic N) is 4. The van der Waals surface area contributed by atoms with Crippen molar-refractivity contribution in [2.75, 3.05) is 32.7 Å². The van der Waals surface area contributed by atoms with Crippen molar-refractivity contribution in [3.8, 4) is 11.3 Å². The fourth-order valence-corrected chi connectivity index (χ4v) is 4.96. The highest BCUT2D eigenvalue weighted by atomic mass is 16.2. The van der Waals surface area contributed by atoms with Crippen LogP contribution in [0.1, 0.15) is 28.8 Å². The fraction of sp³-hybridized carbons (Fsp3) is 0.321. The van der Waals surface area contributed by atoms with Crippen LogP contribution in [0.3, 0.4) is 0 Å². The van der Waals surface area contributed by atoms with Crippen LogP contribution in [0.2, 0.25) is 0 Å². The van der Waals surface area contributed by atoms with Gasteiger partial charge in [-0.1, -0.05) is 48.5 Å². The first-order valence-corrected chi connectivity index (χ1v) is 12.1. The summed E-state index contributed by atoms with van der Waals surface area (Å²) in [6.45, 7) is 4.65. The van der Waals surface area contributed by atoms with Gasteiger partial charge in [-0.3, -0.25) is 19.5 Å². The van der Waals surface area contributed by atoms with E-state index in [-0.39, 0.29) is 17.9 Å². The van der Waals surface area contributed by atoms with E-state index in [4.69, 9.17) is 0 Å². The maximum atomic E-state index is 13.4. The summed E-state index contributed by atoms with van der Waals surface area (Å²) in [5.74, 6) is 0.0161. The SMILES string of the molecule is O=C(C1CCCN1C(=O)c1cccc(-c2ccccn2)c1)N1CCN(Cc2ccccc2)CC1. The second-order valence-corrected chi connectivity index (χ2v) is 9.04. The lowest BCUT2D eigenvalue weighted by molar-refractivity contribution is -0.137. The van der Waals surface area contributed by atoms with Crippen LogP contribution in [0.25, 0.3) is 11.3 Å². The van der Waals surface area contributed by atoms with Crippen LogP contribution in [0, 0.1) is 0 Å². The number of piperazine rings is 1. The molecular weight excluding hydrogens is 424 g/mol. The Morgan fingerprint density at radius 1 is 0.853 bits per heavy atom. The van der Waals surface area contributed by atoms with Gasteiger partial charge in [-0.2, -0.15) is 0 Å². The number of benzene rings is 2. The smallest absolute Gasteiger partial charge is 0.254 e. The van der Waals surface area contributed by atoms with Crippen LogP contribution in [0.15, 0.2) is 79.0 Å². The third-order valence-electron chi connectivity index (χ3n) is 6.80. The predicted octanol–water partition coefficient (Wildman–Crippen LogP) is 3.70. The van der Waals surface area contributed by atoms with Crippen molar-refractivity contribution < 1.29 is 9.59 Å². The molecule has 0 saturated carbocycles. The summed E-state index contributed by atoms with van der Waals surface area (Å²) < 4.78 is 0. The van der Waals surface area contributed by atoms with Gasteiger partial charge in [0.25, 0.3) is 5.91 Å². The number of likely N-dealkylation sites (tertiary alicyclic amines) is 1. The monoisotopic (exact) mass is 454 g/mol. The summed E-state index contributed by atoms with van der Waals surface area (Å²) >= 11 is 0. The van der Waals surface area contributed by atoms with Gasteiger partial charge in [0.15, 0.2) is 0 Å². The van der Waals surface area contributed by atoms with Gasteiger partial charge in [-0.05, 0) is 42.7 Å². The third-order valence-corrected chi connectivity index (χ3v) is 6.80. The molecule has 5 rings (SSSR count). The Balaban J connectivity index is 1.23. The second-order valence-electron chi connectivity index (χ2n) is 9.04. The molecule has 0 N–H and O–H groups in total. The zero-order valence-electron chi connectivity index (χ0n) is 19.3. The van der Waals surface area contributed by atoms with Crippen molar-refractivity contribution in [3.05, 3.63) is 90.1 Å². The Morgan fingerprint density at radius 3 is 2.41 bits per heavy atom. The molecule has 2 saturated heterocycles. The van der Waals surface area contributed by atoms with E-state index < -0.39 is 0 Å². The van der Waals surface area contributed by atoms with Gasteiger partial charge in [0, 0.05) is 56.6 Å². The van der Waals surface area contributed by atoms with Gasteiger partial charge in [0.05, 0.1) is 5.69 Å². The van der Waals surface area contributed by atoms with E-state index in [1.807, 2.05) is 53.4 Å². The summed E-state index contributed by atoms with van der Waals surface area (Å²) in [6.07, 6.45) is 3.34. The standard InChI is InChI=1S/C28H30N4O2/c33-27(24-11-6-10-23(20-24)25-12-4-5-14-29-25)32-15-7-13-26(32)28(34)31-18-16-30(17-19-31)21-22-8-2-1-3-9-22/h1-6,8-12,14,20,26H,7,13,15-19,21H2. The molecule has 0 aliphatic carbocycles. The molecule has 1 aromatic heterocycles. The Bertz CT molecular complexity index is 1130. The van der Waals surface area contributed by atoms with Crippen molar-refractivity contribution in [2.24, 2.45) is 0 Å². The predicted molar refractivity (Wildman–Crippen MR) is 132 cm³/mol. The minimum Gasteiger partial charge on any atom is -0.338 e. The van der Waals surface area contributed by atoms with Gasteiger partial charge < -0.3 is 9.80 Å². The van der Waals surface area contributed by atoms with Crippen LogP contribution >= 0.6 is 0 Å². The Hall–Kier alpha value is -3.51. The molecule has 2 fully saturated rings. The van der Waals surface area contributed by atoms with Gasteiger partial charge in [-0.25, -0.2) is 0 Å². The van der Waals surface area contributed by atoms with E-state index >= 15 is 0 Å². The minimum atomic E-state index is -0.369. The van der Waals surface area contributed by atoms with Crippen molar-refractivity contribution in [3.63, 3.8) is 0 Å². The van der Waals surface area contributed by atoms with Crippen LogP contribution in [-0.2, 0) is 11.3 Å². The number of hydrogen-bond acceptors (Lipinski definition) is 4. The van der Waals surface area contributed by atoms with Crippen LogP contribution < -0.4 is 0 Å². The van der Waals surface area contributed by atoms with Gasteiger partial charge >= 0.3 is 0 Å². The molecule has 2 aliphatic heterocycles. The number of aromatic nitrogens is 1. The average molecular weight is 455 g/mol. The lowest BCUT2D eigenvalue weighted by Gasteiger charge is -2.37. The zero-order valence-corrected chi connectivity index (χ0v) is 19.3. The van der Waals surface area contributed by atoms with E-state index in [1.54, 1.807) is 11.1 Å². The summed E-state index contributed by atoms with van der Waals surface area (Å²) in [6, 6.07) is 23.4. The number of pyridine rings is 1. The highest BCUT2D eigenvalue weighted by molar-refractivity contribution is 5.98. The zero-order chi connectivity index (χ0) is 23.3. The summed E-state index contributed by atoms with van der Waals surface area (Å²) in [5, 5.41) is 0. The first-order valence-electron chi connectivity index (χ1n) is 12.1. The van der Waals surface area contributed by atoms with Crippen LogP contribution in [0.4, 0.5) is 0 Å². The summed E-state index contributed by atoms with van der Waals surface area (Å²) in [4.78, 5) is 37.3. The van der Waals surface area contributed by atoms with Gasteiger partial charge in [-0.15, -0.1) is 0 Å². The number of hydrogen-bond donors (Lipinski definition) is 0. The molecule has 174 valence electrons. The third kappa shape index (κ3) is 4.87. The molecule has 3 heterocycles. The molecule has 2 amide bonds. The minimum absolute atomic E-state index is 0.0728. The maximum Gasteiger partial charge on any atom is 0.254 e. The second kappa shape index (κ2) is 10.2. The topological polar surface area (TPSA) is 56.8 Å². The van der Waals surface area contributed by atoms with Crippen molar-refractivity contribution in [1.82, 2.24) is 19.7 Å². The summed E-state index contributed by atoms with van der Waals surface area (Å²) in [5.41, 5.74) is 3.64. The maximum absolute atomic E-state index is 13.4. The molecular formula is C28H30N4O2. The Morgan fingerprint density at radius 2 is 1.65 bits per heavy atom. The highest BCUT2D eigenvalue weighted by Crippen LogP contribution is 2.25. The number of rotatable bonds is 5. The molecule has 2 aromatic carbocycles. The first kappa shape index (κ1) is 22.3. The number of amides is 2. The molecule has 6 nitrogen and oxygen atoms in total. The molecule has 1 unspecified atom stereocenters. The van der Waals surface area contributed by atoms with E-state index in [2.05, 4.69) is 34.1 Å². The largest absolute Gasteiger partial charge is 0.338 e. The molecule has 0 bridgehead atoms. The summed E-state index contributed by atoms with van der Waals surface area (Å²) in [7, 11) is 0. The highest BCUT2D eigenvalue weighted by Gasteiger charge is 2.37. The van der Waals surface area contributed by atoms with E-state index in [1.165, 1.54) is 5.56 Å². The van der Waals surface area contributed by atoms with E-state index in [0.717, 1.165) is 43.7 Å². The average Bonchev–Trinajstić information content (AvgIpc) is 3.39. The van der Waals surface area contributed by atoms with Crippen molar-refractivity contribution >= 4 is 11.8 Å². The van der Waals surface area contributed by atoms with E-state index in [0.29, 0.717) is 25.2 Å². The number of carbonyl (C=O) groups excluding carboxylic acids is 2. The lowest BCUT2D eigenvalue weighted by Crippen LogP contribution is -2.54. The molecule has 0 radical (unpaired) electrons. The molecule has 1 atom stereocenters. The molecule has 0 spiro atoms. The first-order chi connectivity index (χ1) is 16.7. The van der Waals surface area contributed by atoms with Gasteiger partial charge in [0.1, 0.15) is 6.04 Å². The molecule has 6 heteroatoms. The van der Waals surface area contributed by atoms with Crippen molar-refractivity contribution in [2.45, 2.75) is 25.4 Å². The molecule has 2 aliphatic rings. The van der Waals surface area contributed by atoms with Crippen LogP contribution in [-0.4, -0.2) is 70.3 Å². The molecule has 34 heavy (non-hydrogen) atoms. The normalized spacial score (nSPS) is 18.8. The fourth-order valence-electron chi connectivity index (χ4n) is 4.96.